The van der Waals surface area contributed by atoms with E-state index in [4.69, 9.17) is 11.5 Å². The van der Waals surface area contributed by atoms with E-state index in [-0.39, 0.29) is 5.41 Å². The molecule has 1 aromatic rings. The highest BCUT2D eigenvalue weighted by atomic mass is 15.0. The third kappa shape index (κ3) is 1.90. The van der Waals surface area contributed by atoms with E-state index in [1.807, 2.05) is 51.1 Å². The Labute approximate surface area is 79.9 Å². The average Bonchev–Trinajstić information content (AvgIpc) is 2.04. The lowest BCUT2D eigenvalue weighted by Gasteiger charge is -2.38. The molecule has 1 rings (SSSR count). The van der Waals surface area contributed by atoms with E-state index in [0.29, 0.717) is 0 Å². The minimum Gasteiger partial charge on any atom is -0.309 e. The molecule has 2 heteroatoms. The molecule has 0 radical (unpaired) electrons. The maximum Gasteiger partial charge on any atom is 0.0949 e. The molecule has 0 aliphatic carbocycles. The van der Waals surface area contributed by atoms with Crippen LogP contribution in [-0.4, -0.2) is 0 Å². The van der Waals surface area contributed by atoms with Gasteiger partial charge in [-0.1, -0.05) is 51.1 Å². The van der Waals surface area contributed by atoms with Gasteiger partial charge in [0, 0.05) is 0 Å². The molecular formula is C11H18N2. The van der Waals surface area contributed by atoms with Gasteiger partial charge < -0.3 is 11.5 Å². The van der Waals surface area contributed by atoms with E-state index >= 15 is 0 Å². The maximum atomic E-state index is 6.09. The van der Waals surface area contributed by atoms with Gasteiger partial charge in [0.05, 0.1) is 5.66 Å². The van der Waals surface area contributed by atoms with Crippen LogP contribution in [0.2, 0.25) is 0 Å². The van der Waals surface area contributed by atoms with Crippen LogP contribution in [0.5, 0.6) is 0 Å². The molecule has 0 atom stereocenters. The summed E-state index contributed by atoms with van der Waals surface area (Å²) in [4.78, 5) is 0. The first-order chi connectivity index (χ1) is 5.86. The maximum absolute atomic E-state index is 6.09. The van der Waals surface area contributed by atoms with Crippen molar-refractivity contribution in [3.8, 4) is 0 Å². The van der Waals surface area contributed by atoms with E-state index in [1.165, 1.54) is 0 Å². The summed E-state index contributed by atoms with van der Waals surface area (Å²) < 4.78 is 0. The van der Waals surface area contributed by atoms with Gasteiger partial charge in [-0.15, -0.1) is 0 Å². The highest BCUT2D eigenvalue weighted by molar-refractivity contribution is 5.24. The summed E-state index contributed by atoms with van der Waals surface area (Å²) in [6, 6.07) is 9.80. The zero-order valence-electron chi connectivity index (χ0n) is 8.54. The number of nitrogens with two attached hydrogens (primary N) is 2. The molecule has 2 nitrogen and oxygen atoms in total. The molecule has 0 heterocycles. The molecule has 0 aromatic heterocycles. The van der Waals surface area contributed by atoms with Crippen molar-refractivity contribution in [3.63, 3.8) is 0 Å². The zero-order chi connectivity index (χ0) is 10.1. The van der Waals surface area contributed by atoms with Gasteiger partial charge in [0.1, 0.15) is 0 Å². The smallest absolute Gasteiger partial charge is 0.0949 e. The molecule has 13 heavy (non-hydrogen) atoms. The molecule has 0 aliphatic rings. The van der Waals surface area contributed by atoms with Crippen LogP contribution in [0.15, 0.2) is 30.3 Å². The summed E-state index contributed by atoms with van der Waals surface area (Å²) in [6.45, 7) is 6.12. The standard InChI is InChI=1S/C11H18N2/c1-10(2,3)11(12,13)9-7-5-4-6-8-9/h4-8H,12-13H2,1-3H3. The van der Waals surface area contributed by atoms with Gasteiger partial charge in [0.2, 0.25) is 0 Å². The van der Waals surface area contributed by atoms with Crippen LogP contribution in [0, 0.1) is 5.41 Å². The summed E-state index contributed by atoms with van der Waals surface area (Å²) in [6.07, 6.45) is 0. The summed E-state index contributed by atoms with van der Waals surface area (Å²) in [5.74, 6) is 0. The molecule has 0 spiro atoms. The Hall–Kier alpha value is -0.860. The predicted molar refractivity (Wildman–Crippen MR) is 55.9 cm³/mol. The predicted octanol–water partition coefficient (Wildman–Crippen LogP) is 1.80. The molecule has 4 N–H and O–H groups in total. The number of benzene rings is 1. The van der Waals surface area contributed by atoms with Crippen LogP contribution in [0.1, 0.15) is 26.3 Å². The van der Waals surface area contributed by atoms with E-state index in [2.05, 4.69) is 0 Å². The third-order valence-corrected chi connectivity index (χ3v) is 2.49. The second kappa shape index (κ2) is 3.13. The van der Waals surface area contributed by atoms with Crippen molar-refractivity contribution in [1.29, 1.82) is 0 Å². The molecule has 0 unspecified atom stereocenters. The van der Waals surface area contributed by atoms with Gasteiger partial charge in [0.25, 0.3) is 0 Å². The van der Waals surface area contributed by atoms with Gasteiger partial charge in [-0.3, -0.25) is 0 Å². The van der Waals surface area contributed by atoms with Crippen LogP contribution >= 0.6 is 0 Å². The fraction of sp³-hybridized carbons (Fsp3) is 0.455. The monoisotopic (exact) mass is 178 g/mol. The molecule has 1 aromatic carbocycles. The quantitative estimate of drug-likeness (QED) is 0.644. The Morgan fingerprint density at radius 3 is 1.77 bits per heavy atom. The van der Waals surface area contributed by atoms with E-state index < -0.39 is 5.66 Å². The first kappa shape index (κ1) is 10.2. The van der Waals surface area contributed by atoms with Crippen molar-refractivity contribution >= 4 is 0 Å². The second-order valence-corrected chi connectivity index (χ2v) is 4.49. The lowest BCUT2D eigenvalue weighted by atomic mass is 9.77. The Morgan fingerprint density at radius 1 is 0.923 bits per heavy atom. The number of hydrogen-bond donors (Lipinski definition) is 2. The van der Waals surface area contributed by atoms with Gasteiger partial charge in [-0.25, -0.2) is 0 Å². The summed E-state index contributed by atoms with van der Waals surface area (Å²) in [5, 5.41) is 0. The number of rotatable bonds is 1. The second-order valence-electron chi connectivity index (χ2n) is 4.49. The van der Waals surface area contributed by atoms with Crippen molar-refractivity contribution in [2.24, 2.45) is 16.9 Å². The van der Waals surface area contributed by atoms with E-state index in [0.717, 1.165) is 5.56 Å². The molecular weight excluding hydrogens is 160 g/mol. The Balaban J connectivity index is 3.08. The lowest BCUT2D eigenvalue weighted by molar-refractivity contribution is 0.196. The van der Waals surface area contributed by atoms with Gasteiger partial charge in [0.15, 0.2) is 0 Å². The van der Waals surface area contributed by atoms with E-state index in [1.54, 1.807) is 0 Å². The summed E-state index contributed by atoms with van der Waals surface area (Å²) in [5.41, 5.74) is 12.2. The van der Waals surface area contributed by atoms with Crippen LogP contribution in [-0.2, 0) is 5.66 Å². The lowest BCUT2D eigenvalue weighted by Crippen LogP contribution is -2.56. The molecule has 0 amide bonds. The summed E-state index contributed by atoms with van der Waals surface area (Å²) in [7, 11) is 0. The van der Waals surface area contributed by atoms with Gasteiger partial charge in [-0.2, -0.15) is 0 Å². The van der Waals surface area contributed by atoms with Crippen LogP contribution < -0.4 is 11.5 Å². The van der Waals surface area contributed by atoms with Crippen LogP contribution in [0.3, 0.4) is 0 Å². The van der Waals surface area contributed by atoms with Gasteiger partial charge >= 0.3 is 0 Å². The van der Waals surface area contributed by atoms with Crippen molar-refractivity contribution in [2.75, 3.05) is 0 Å². The van der Waals surface area contributed by atoms with Crippen molar-refractivity contribution in [3.05, 3.63) is 35.9 Å². The zero-order valence-corrected chi connectivity index (χ0v) is 8.54. The Morgan fingerprint density at radius 2 is 1.38 bits per heavy atom. The largest absolute Gasteiger partial charge is 0.309 e. The third-order valence-electron chi connectivity index (χ3n) is 2.49. The van der Waals surface area contributed by atoms with Gasteiger partial charge in [-0.05, 0) is 11.0 Å². The number of hydrogen-bond acceptors (Lipinski definition) is 2. The van der Waals surface area contributed by atoms with Crippen LogP contribution in [0.4, 0.5) is 0 Å². The highest BCUT2D eigenvalue weighted by Crippen LogP contribution is 2.31. The van der Waals surface area contributed by atoms with E-state index in [9.17, 15) is 0 Å². The van der Waals surface area contributed by atoms with Crippen molar-refractivity contribution in [2.45, 2.75) is 26.4 Å². The summed E-state index contributed by atoms with van der Waals surface area (Å²) >= 11 is 0. The minimum atomic E-state index is -0.770. The highest BCUT2D eigenvalue weighted by Gasteiger charge is 2.35. The average molecular weight is 178 g/mol. The van der Waals surface area contributed by atoms with Crippen molar-refractivity contribution < 1.29 is 0 Å². The molecule has 0 bridgehead atoms. The molecule has 0 aliphatic heterocycles. The molecule has 0 fully saturated rings. The Kier molecular flexibility index (Phi) is 2.46. The fourth-order valence-corrected chi connectivity index (χ4v) is 1.15. The topological polar surface area (TPSA) is 52.0 Å². The molecule has 0 saturated carbocycles. The molecule has 72 valence electrons. The minimum absolute atomic E-state index is 0.144. The van der Waals surface area contributed by atoms with Crippen LogP contribution in [0.25, 0.3) is 0 Å². The SMILES string of the molecule is CC(C)(C)C(N)(N)c1ccccc1. The van der Waals surface area contributed by atoms with Crippen molar-refractivity contribution in [1.82, 2.24) is 0 Å². The fourth-order valence-electron chi connectivity index (χ4n) is 1.15. The normalized spacial score (nSPS) is 13.0. The Bertz CT molecular complexity index is 270. The first-order valence-electron chi connectivity index (χ1n) is 4.49. The molecule has 0 saturated heterocycles. The first-order valence-corrected chi connectivity index (χ1v) is 4.49.